The number of hydrogen-bond donors (Lipinski definition) is 1. The number of primary amides is 1. The van der Waals surface area contributed by atoms with Crippen LogP contribution in [0.4, 0.5) is 4.79 Å². The number of nitrogens with zero attached hydrogens (tertiary/aromatic N) is 3. The van der Waals surface area contributed by atoms with Crippen LogP contribution in [0.5, 0.6) is 0 Å². The molecule has 0 saturated heterocycles. The Kier molecular flexibility index (Phi) is 5.46. The molecule has 0 unspecified atom stereocenters. The van der Waals surface area contributed by atoms with Crippen LogP contribution in [0.15, 0.2) is 48.5 Å². The molecule has 0 aliphatic carbocycles. The third-order valence-electron chi connectivity index (χ3n) is 5.17. The first kappa shape index (κ1) is 20.0. The summed E-state index contributed by atoms with van der Waals surface area (Å²) in [5.74, 6) is -0.311. The molecule has 0 fully saturated rings. The van der Waals surface area contributed by atoms with Gasteiger partial charge in [-0.1, -0.05) is 48.9 Å². The Bertz CT molecular complexity index is 1110. The minimum absolute atomic E-state index is 0.311. The van der Waals surface area contributed by atoms with Crippen molar-refractivity contribution in [3.05, 3.63) is 70.4 Å². The molecule has 1 aliphatic heterocycles. The average Bonchev–Trinajstić information content (AvgIpc) is 3.31. The molecule has 0 radical (unpaired) electrons. The van der Waals surface area contributed by atoms with E-state index in [1.807, 2.05) is 47.1 Å². The molecule has 2 N–H and O–H groups in total. The molecule has 0 atom stereocenters. The van der Waals surface area contributed by atoms with Crippen molar-refractivity contribution in [2.75, 3.05) is 6.61 Å². The van der Waals surface area contributed by atoms with Crippen LogP contribution in [0.1, 0.15) is 23.7 Å². The van der Waals surface area contributed by atoms with Crippen molar-refractivity contribution < 1.29 is 14.3 Å². The van der Waals surface area contributed by atoms with E-state index in [2.05, 4.69) is 17.7 Å². The molecule has 154 valence electrons. The fourth-order valence-electron chi connectivity index (χ4n) is 3.71. The number of ether oxygens (including phenoxy) is 1. The molecule has 7 nitrogen and oxygen atoms in total. The van der Waals surface area contributed by atoms with Gasteiger partial charge in [-0.2, -0.15) is 5.10 Å². The van der Waals surface area contributed by atoms with Crippen molar-refractivity contribution in [3.63, 3.8) is 0 Å². The maximum atomic E-state index is 12.4. The summed E-state index contributed by atoms with van der Waals surface area (Å²) in [6.07, 6.45) is -0.0981. The summed E-state index contributed by atoms with van der Waals surface area (Å²) < 4.78 is 6.60. The van der Waals surface area contributed by atoms with Crippen molar-refractivity contribution in [2.45, 2.75) is 26.4 Å². The zero-order valence-corrected chi connectivity index (χ0v) is 17.2. The molecular weight excluding hydrogens is 404 g/mol. The number of rotatable bonds is 5. The Morgan fingerprint density at radius 2 is 1.87 bits per heavy atom. The number of carbonyl (C=O) groups excluding carboxylic acids is 2. The SMILES string of the molecule is CCc1ccccc1-n1nc2c(c1-c1ccc(Cl)cc1)CN(C(=O)COC(N)=O)C2. The van der Waals surface area contributed by atoms with Crippen molar-refractivity contribution in [3.8, 4) is 16.9 Å². The van der Waals surface area contributed by atoms with Crippen LogP contribution in [0, 0.1) is 0 Å². The van der Waals surface area contributed by atoms with Gasteiger partial charge in [-0.05, 0) is 30.2 Å². The van der Waals surface area contributed by atoms with Gasteiger partial charge in [0.1, 0.15) is 0 Å². The topological polar surface area (TPSA) is 90.4 Å². The number of aromatic nitrogens is 2. The van der Waals surface area contributed by atoms with Crippen molar-refractivity contribution >= 4 is 23.6 Å². The summed E-state index contributed by atoms with van der Waals surface area (Å²) in [5.41, 5.74) is 10.8. The van der Waals surface area contributed by atoms with Crippen molar-refractivity contribution in [1.82, 2.24) is 14.7 Å². The molecule has 1 aliphatic rings. The number of amides is 2. The number of fused-ring (bicyclic) bond motifs is 1. The summed E-state index contributed by atoms with van der Waals surface area (Å²) in [5, 5.41) is 5.50. The van der Waals surface area contributed by atoms with Crippen LogP contribution in [0.2, 0.25) is 5.02 Å². The van der Waals surface area contributed by atoms with E-state index in [9.17, 15) is 9.59 Å². The normalized spacial score (nSPS) is 12.7. The van der Waals surface area contributed by atoms with E-state index in [1.165, 1.54) is 5.56 Å². The Morgan fingerprint density at radius 3 is 2.57 bits per heavy atom. The van der Waals surface area contributed by atoms with E-state index >= 15 is 0 Å². The summed E-state index contributed by atoms with van der Waals surface area (Å²) >= 11 is 6.09. The summed E-state index contributed by atoms with van der Waals surface area (Å²) in [4.78, 5) is 24.8. The van der Waals surface area contributed by atoms with Crippen molar-refractivity contribution in [2.24, 2.45) is 5.73 Å². The highest BCUT2D eigenvalue weighted by Crippen LogP contribution is 2.36. The minimum Gasteiger partial charge on any atom is -0.440 e. The van der Waals surface area contributed by atoms with Gasteiger partial charge in [0.25, 0.3) is 5.91 Å². The molecule has 0 bridgehead atoms. The second-order valence-electron chi connectivity index (χ2n) is 7.03. The zero-order valence-electron chi connectivity index (χ0n) is 16.5. The number of hydrogen-bond acceptors (Lipinski definition) is 4. The van der Waals surface area contributed by atoms with Gasteiger partial charge < -0.3 is 15.4 Å². The van der Waals surface area contributed by atoms with Crippen LogP contribution >= 0.6 is 11.6 Å². The Hall–Kier alpha value is -3.32. The maximum absolute atomic E-state index is 12.4. The Balaban J connectivity index is 1.76. The second kappa shape index (κ2) is 8.20. The summed E-state index contributed by atoms with van der Waals surface area (Å²) in [6.45, 7) is 2.45. The molecule has 0 spiro atoms. The van der Waals surface area contributed by atoms with Gasteiger partial charge in [0.05, 0.1) is 30.2 Å². The number of nitrogens with two attached hydrogens (primary N) is 1. The molecular formula is C22H21ClN4O3. The number of halogens is 1. The first-order chi connectivity index (χ1) is 14.5. The average molecular weight is 425 g/mol. The smallest absolute Gasteiger partial charge is 0.405 e. The van der Waals surface area contributed by atoms with Gasteiger partial charge in [0.2, 0.25) is 0 Å². The van der Waals surface area contributed by atoms with Gasteiger partial charge >= 0.3 is 6.09 Å². The molecule has 1 aromatic heterocycles. The highest BCUT2D eigenvalue weighted by Gasteiger charge is 2.31. The molecule has 3 aromatic rings. The predicted molar refractivity (Wildman–Crippen MR) is 113 cm³/mol. The number of carbonyl (C=O) groups is 2. The fraction of sp³-hybridized carbons (Fsp3) is 0.227. The quantitative estimate of drug-likeness (QED) is 0.676. The predicted octanol–water partition coefficient (Wildman–Crippen LogP) is 3.69. The Morgan fingerprint density at radius 1 is 1.13 bits per heavy atom. The fourth-order valence-corrected chi connectivity index (χ4v) is 3.84. The second-order valence-corrected chi connectivity index (χ2v) is 7.47. The third kappa shape index (κ3) is 3.76. The number of aryl methyl sites for hydroxylation is 1. The van der Waals surface area contributed by atoms with E-state index in [0.717, 1.165) is 34.6 Å². The lowest BCUT2D eigenvalue weighted by molar-refractivity contribution is -0.134. The molecule has 30 heavy (non-hydrogen) atoms. The molecule has 2 aromatic carbocycles. The molecule has 2 amide bonds. The van der Waals surface area contributed by atoms with E-state index in [0.29, 0.717) is 18.1 Å². The van der Waals surface area contributed by atoms with E-state index in [1.54, 1.807) is 4.90 Å². The van der Waals surface area contributed by atoms with Crippen LogP contribution in [0.3, 0.4) is 0 Å². The van der Waals surface area contributed by atoms with Crippen LogP contribution < -0.4 is 5.73 Å². The first-order valence-corrected chi connectivity index (χ1v) is 10.0. The van der Waals surface area contributed by atoms with Crippen LogP contribution in [-0.2, 0) is 29.0 Å². The van der Waals surface area contributed by atoms with Gasteiger partial charge in [0.15, 0.2) is 6.61 Å². The van der Waals surface area contributed by atoms with E-state index < -0.39 is 6.09 Å². The monoisotopic (exact) mass is 424 g/mol. The molecule has 2 heterocycles. The zero-order chi connectivity index (χ0) is 21.3. The van der Waals surface area contributed by atoms with Gasteiger partial charge in [-0.25, -0.2) is 9.48 Å². The molecule has 4 rings (SSSR count). The van der Waals surface area contributed by atoms with Gasteiger partial charge in [0, 0.05) is 16.1 Å². The summed E-state index contributed by atoms with van der Waals surface area (Å²) in [7, 11) is 0. The first-order valence-electron chi connectivity index (χ1n) is 9.63. The van der Waals surface area contributed by atoms with Crippen molar-refractivity contribution in [1.29, 1.82) is 0 Å². The largest absolute Gasteiger partial charge is 0.440 e. The lowest BCUT2D eigenvalue weighted by Crippen LogP contribution is -2.31. The summed E-state index contributed by atoms with van der Waals surface area (Å²) in [6, 6.07) is 15.7. The Labute approximate surface area is 179 Å². The van der Waals surface area contributed by atoms with Crippen LogP contribution in [0.25, 0.3) is 16.9 Å². The highest BCUT2D eigenvalue weighted by molar-refractivity contribution is 6.30. The standard InChI is InChI=1S/C22H21ClN4O3/c1-2-14-5-3-4-6-19(14)27-21(15-7-9-16(23)10-8-15)17-11-26(12-18(17)25-27)20(28)13-30-22(24)29/h3-10H,2,11-13H2,1H3,(H2,24,29). The number of benzene rings is 2. The molecule has 8 heteroatoms. The maximum Gasteiger partial charge on any atom is 0.405 e. The van der Waals surface area contributed by atoms with E-state index in [4.69, 9.17) is 22.4 Å². The van der Waals surface area contributed by atoms with Crippen LogP contribution in [-0.4, -0.2) is 33.3 Å². The van der Waals surface area contributed by atoms with Gasteiger partial charge in [-0.15, -0.1) is 0 Å². The van der Waals surface area contributed by atoms with Gasteiger partial charge in [-0.3, -0.25) is 4.79 Å². The van der Waals surface area contributed by atoms with E-state index in [-0.39, 0.29) is 12.5 Å². The number of para-hydroxylation sites is 1. The lowest BCUT2D eigenvalue weighted by Gasteiger charge is -2.18. The lowest BCUT2D eigenvalue weighted by atomic mass is 10.1. The minimum atomic E-state index is -0.969. The highest BCUT2D eigenvalue weighted by atomic mass is 35.5. The molecule has 0 saturated carbocycles. The third-order valence-corrected chi connectivity index (χ3v) is 5.42.